The van der Waals surface area contributed by atoms with Crippen molar-refractivity contribution in [1.82, 2.24) is 10.3 Å². The van der Waals surface area contributed by atoms with Crippen LogP contribution in [0.5, 0.6) is 0 Å². The van der Waals surface area contributed by atoms with Crippen LogP contribution in [0, 0.1) is 0 Å². The van der Waals surface area contributed by atoms with Gasteiger partial charge < -0.3 is 0 Å². The molecule has 0 unspecified atom stereocenters. The van der Waals surface area contributed by atoms with Gasteiger partial charge in [-0.1, -0.05) is 19.1 Å². The SMILES string of the molecule is CCc1cnc(CNC(c2cccs2)c2cccs2)s1. The van der Waals surface area contributed by atoms with Crippen molar-refractivity contribution in [3.8, 4) is 0 Å². The summed E-state index contributed by atoms with van der Waals surface area (Å²) in [5, 5.41) is 9.08. The lowest BCUT2D eigenvalue weighted by Gasteiger charge is -2.15. The highest BCUT2D eigenvalue weighted by Gasteiger charge is 2.16. The second-order valence-electron chi connectivity index (χ2n) is 4.42. The van der Waals surface area contributed by atoms with E-state index in [-0.39, 0.29) is 6.04 Å². The van der Waals surface area contributed by atoms with E-state index in [4.69, 9.17) is 0 Å². The van der Waals surface area contributed by atoms with E-state index in [1.54, 1.807) is 34.0 Å². The van der Waals surface area contributed by atoms with Crippen LogP contribution >= 0.6 is 34.0 Å². The standard InChI is InChI=1S/C15H16N2S3/c1-2-11-9-16-14(20-11)10-17-15(12-5-3-7-18-12)13-6-4-8-19-13/h3-9,15,17H,2,10H2,1H3. The minimum atomic E-state index is 0.281. The van der Waals surface area contributed by atoms with Gasteiger partial charge in [0.1, 0.15) is 5.01 Å². The van der Waals surface area contributed by atoms with E-state index in [9.17, 15) is 0 Å². The molecule has 0 aliphatic heterocycles. The summed E-state index contributed by atoms with van der Waals surface area (Å²) in [4.78, 5) is 8.56. The van der Waals surface area contributed by atoms with Gasteiger partial charge in [-0.15, -0.1) is 34.0 Å². The van der Waals surface area contributed by atoms with Gasteiger partial charge in [0.25, 0.3) is 0 Å². The summed E-state index contributed by atoms with van der Waals surface area (Å²) in [5.41, 5.74) is 0. The lowest BCUT2D eigenvalue weighted by Crippen LogP contribution is -2.20. The predicted octanol–water partition coefficient (Wildman–Crippen LogP) is 4.71. The van der Waals surface area contributed by atoms with Gasteiger partial charge in [0, 0.05) is 27.4 Å². The lowest BCUT2D eigenvalue weighted by atomic mass is 10.2. The summed E-state index contributed by atoms with van der Waals surface area (Å²) in [6.07, 6.45) is 3.06. The average molecular weight is 321 g/mol. The van der Waals surface area contributed by atoms with Gasteiger partial charge in [-0.05, 0) is 29.3 Å². The molecule has 0 saturated heterocycles. The first-order valence-electron chi connectivity index (χ1n) is 6.60. The highest BCUT2D eigenvalue weighted by atomic mass is 32.1. The maximum atomic E-state index is 4.48. The first-order chi connectivity index (χ1) is 9.86. The molecule has 20 heavy (non-hydrogen) atoms. The quantitative estimate of drug-likeness (QED) is 0.711. The van der Waals surface area contributed by atoms with E-state index in [0.717, 1.165) is 13.0 Å². The molecular weight excluding hydrogens is 304 g/mol. The molecule has 2 nitrogen and oxygen atoms in total. The van der Waals surface area contributed by atoms with Crippen molar-refractivity contribution in [2.45, 2.75) is 25.9 Å². The third-order valence-corrected chi connectivity index (χ3v) is 6.08. The van der Waals surface area contributed by atoms with Gasteiger partial charge in [-0.2, -0.15) is 0 Å². The second-order valence-corrected chi connectivity index (χ2v) is 7.58. The Morgan fingerprint density at radius 1 is 1.15 bits per heavy atom. The van der Waals surface area contributed by atoms with Crippen LogP contribution in [0.25, 0.3) is 0 Å². The van der Waals surface area contributed by atoms with Gasteiger partial charge in [-0.25, -0.2) is 4.98 Å². The number of rotatable bonds is 6. The molecule has 0 aromatic carbocycles. The van der Waals surface area contributed by atoms with Crippen LogP contribution in [0.4, 0.5) is 0 Å². The normalized spacial score (nSPS) is 11.3. The summed E-state index contributed by atoms with van der Waals surface area (Å²) < 4.78 is 0. The molecule has 1 N–H and O–H groups in total. The van der Waals surface area contributed by atoms with Gasteiger partial charge >= 0.3 is 0 Å². The number of hydrogen-bond donors (Lipinski definition) is 1. The Kier molecular flexibility index (Phi) is 4.62. The predicted molar refractivity (Wildman–Crippen MR) is 88.8 cm³/mol. The van der Waals surface area contributed by atoms with Crippen molar-refractivity contribution in [3.63, 3.8) is 0 Å². The summed E-state index contributed by atoms with van der Waals surface area (Å²) in [6.45, 7) is 3.00. The van der Waals surface area contributed by atoms with E-state index in [2.05, 4.69) is 52.3 Å². The van der Waals surface area contributed by atoms with Crippen LogP contribution in [0.1, 0.15) is 32.6 Å². The van der Waals surface area contributed by atoms with Gasteiger partial charge in [-0.3, -0.25) is 5.32 Å². The molecule has 0 spiro atoms. The number of nitrogens with zero attached hydrogens (tertiary/aromatic N) is 1. The zero-order valence-corrected chi connectivity index (χ0v) is 13.7. The van der Waals surface area contributed by atoms with Crippen molar-refractivity contribution in [2.24, 2.45) is 0 Å². The van der Waals surface area contributed by atoms with Gasteiger partial charge in [0.15, 0.2) is 0 Å². The van der Waals surface area contributed by atoms with Crippen LogP contribution in [0.2, 0.25) is 0 Å². The molecule has 0 aliphatic carbocycles. The van der Waals surface area contributed by atoms with Crippen LogP contribution in [-0.2, 0) is 13.0 Å². The summed E-state index contributed by atoms with van der Waals surface area (Å²) in [5.74, 6) is 0. The Labute approximate surface area is 131 Å². The van der Waals surface area contributed by atoms with Gasteiger partial charge in [0.2, 0.25) is 0 Å². The summed E-state index contributed by atoms with van der Waals surface area (Å²) in [6, 6.07) is 8.90. The van der Waals surface area contributed by atoms with Crippen molar-refractivity contribution in [3.05, 3.63) is 60.9 Å². The molecule has 0 amide bonds. The molecule has 104 valence electrons. The molecule has 3 heterocycles. The molecule has 0 bridgehead atoms. The van der Waals surface area contributed by atoms with E-state index in [1.165, 1.54) is 19.6 Å². The van der Waals surface area contributed by atoms with Crippen molar-refractivity contribution < 1.29 is 0 Å². The number of nitrogens with one attached hydrogen (secondary N) is 1. The molecule has 3 aromatic heterocycles. The van der Waals surface area contributed by atoms with E-state index < -0.39 is 0 Å². The number of hydrogen-bond acceptors (Lipinski definition) is 5. The third-order valence-electron chi connectivity index (χ3n) is 3.06. The van der Waals surface area contributed by atoms with E-state index in [0.29, 0.717) is 0 Å². The Bertz CT molecular complexity index is 592. The van der Waals surface area contributed by atoms with Crippen molar-refractivity contribution in [2.75, 3.05) is 0 Å². The third kappa shape index (κ3) is 3.17. The minimum absolute atomic E-state index is 0.281. The van der Waals surface area contributed by atoms with Crippen molar-refractivity contribution >= 4 is 34.0 Å². The van der Waals surface area contributed by atoms with Crippen molar-refractivity contribution in [1.29, 1.82) is 0 Å². The highest BCUT2D eigenvalue weighted by Crippen LogP contribution is 2.29. The second kappa shape index (κ2) is 6.63. The van der Waals surface area contributed by atoms with E-state index in [1.807, 2.05) is 6.20 Å². The molecule has 3 rings (SSSR count). The molecule has 0 aliphatic rings. The smallest absolute Gasteiger partial charge is 0.107 e. The van der Waals surface area contributed by atoms with Gasteiger partial charge in [0.05, 0.1) is 6.04 Å². The summed E-state index contributed by atoms with van der Waals surface area (Å²) in [7, 11) is 0. The first kappa shape index (κ1) is 13.9. The number of aromatic nitrogens is 1. The maximum Gasteiger partial charge on any atom is 0.107 e. The topological polar surface area (TPSA) is 24.9 Å². The zero-order chi connectivity index (χ0) is 13.8. The Morgan fingerprint density at radius 3 is 2.35 bits per heavy atom. The minimum Gasteiger partial charge on any atom is -0.298 e. The fraction of sp³-hybridized carbons (Fsp3) is 0.267. The molecular formula is C15H16N2S3. The Morgan fingerprint density at radius 2 is 1.85 bits per heavy atom. The zero-order valence-electron chi connectivity index (χ0n) is 11.2. The molecule has 5 heteroatoms. The molecule has 3 aromatic rings. The maximum absolute atomic E-state index is 4.48. The number of thiophene rings is 2. The lowest BCUT2D eigenvalue weighted by molar-refractivity contribution is 0.619. The Hall–Kier alpha value is -1.01. The largest absolute Gasteiger partial charge is 0.298 e. The van der Waals surface area contributed by atoms with E-state index >= 15 is 0 Å². The highest BCUT2D eigenvalue weighted by molar-refractivity contribution is 7.12. The Balaban J connectivity index is 1.74. The monoisotopic (exact) mass is 320 g/mol. The number of aryl methyl sites for hydroxylation is 1. The van der Waals surface area contributed by atoms with Crippen LogP contribution in [0.15, 0.2) is 41.2 Å². The number of thiazole rings is 1. The van der Waals surface area contributed by atoms with Crippen LogP contribution in [0.3, 0.4) is 0 Å². The first-order valence-corrected chi connectivity index (χ1v) is 9.18. The fourth-order valence-corrected chi connectivity index (χ4v) is 4.56. The molecule has 0 fully saturated rings. The fourth-order valence-electron chi connectivity index (χ4n) is 2.04. The molecule has 0 saturated carbocycles. The molecule has 0 atom stereocenters. The van der Waals surface area contributed by atoms with Crippen LogP contribution in [-0.4, -0.2) is 4.98 Å². The summed E-state index contributed by atoms with van der Waals surface area (Å²) >= 11 is 5.41. The molecule has 0 radical (unpaired) electrons. The average Bonchev–Trinajstić information content (AvgIpc) is 3.22. The van der Waals surface area contributed by atoms with Crippen LogP contribution < -0.4 is 5.32 Å².